The molecule has 0 radical (unpaired) electrons. The van der Waals surface area contributed by atoms with Crippen molar-refractivity contribution >= 4 is 41.0 Å². The summed E-state index contributed by atoms with van der Waals surface area (Å²) >= 11 is 0. The molecule has 0 aliphatic rings. The van der Waals surface area contributed by atoms with Crippen molar-refractivity contribution in [3.8, 4) is 5.69 Å². The Morgan fingerprint density at radius 3 is 2.75 bits per heavy atom. The second-order valence-corrected chi connectivity index (χ2v) is 7.26. The Kier molecular flexibility index (Phi) is 8.20. The number of halogens is 2. The molecule has 32 heavy (non-hydrogen) atoms. The van der Waals surface area contributed by atoms with E-state index in [4.69, 9.17) is 0 Å². The van der Waals surface area contributed by atoms with E-state index in [0.29, 0.717) is 18.2 Å². The second kappa shape index (κ2) is 11.1. The van der Waals surface area contributed by atoms with Gasteiger partial charge >= 0.3 is 0 Å². The monoisotopic (exact) mass is 547 g/mol. The van der Waals surface area contributed by atoms with Gasteiger partial charge in [-0.25, -0.2) is 14.4 Å². The van der Waals surface area contributed by atoms with E-state index in [9.17, 15) is 4.39 Å². The number of nitrogens with one attached hydrogen (secondary N) is 2. The highest BCUT2D eigenvalue weighted by Gasteiger charge is 2.08. The average molecular weight is 547 g/mol. The molecule has 2 aromatic carbocycles. The molecule has 0 saturated heterocycles. The van der Waals surface area contributed by atoms with Crippen LogP contribution in [0.1, 0.15) is 17.8 Å². The molecule has 0 aliphatic heterocycles. The minimum atomic E-state index is -0.289. The van der Waals surface area contributed by atoms with Crippen molar-refractivity contribution in [3.05, 3.63) is 78.4 Å². The molecule has 168 valence electrons. The number of para-hydroxylation sites is 2. The molecule has 2 aromatic heterocycles. The number of aryl methyl sites for hydroxylation is 2. The highest BCUT2D eigenvalue weighted by molar-refractivity contribution is 14.0. The van der Waals surface area contributed by atoms with E-state index in [1.165, 1.54) is 6.07 Å². The maximum atomic E-state index is 14.4. The minimum Gasteiger partial charge on any atom is -0.356 e. The first kappa shape index (κ1) is 23.7. The van der Waals surface area contributed by atoms with Crippen LogP contribution in [0, 0.1) is 12.7 Å². The van der Waals surface area contributed by atoms with Crippen molar-refractivity contribution in [2.24, 2.45) is 4.99 Å². The fourth-order valence-electron chi connectivity index (χ4n) is 3.60. The van der Waals surface area contributed by atoms with Gasteiger partial charge in [0.1, 0.15) is 11.6 Å². The van der Waals surface area contributed by atoms with Crippen molar-refractivity contribution in [1.82, 2.24) is 29.7 Å². The number of aromatic nitrogens is 4. The van der Waals surface area contributed by atoms with Crippen molar-refractivity contribution in [2.45, 2.75) is 26.4 Å². The SMILES string of the molecule is CN=C(NCCCn1c(C)nc2ccccc21)NCc1ccc(-n2ccnc2)c(F)c1.I. The van der Waals surface area contributed by atoms with Crippen LogP contribution in [-0.4, -0.2) is 38.7 Å². The molecule has 4 rings (SSSR count). The molecule has 4 aromatic rings. The van der Waals surface area contributed by atoms with Crippen molar-refractivity contribution in [1.29, 1.82) is 0 Å². The third-order valence-electron chi connectivity index (χ3n) is 5.17. The number of nitrogens with zero attached hydrogens (tertiary/aromatic N) is 5. The summed E-state index contributed by atoms with van der Waals surface area (Å²) in [6.45, 7) is 4.15. The van der Waals surface area contributed by atoms with Gasteiger partial charge in [-0.1, -0.05) is 18.2 Å². The molecular formula is C23H27FIN7. The maximum absolute atomic E-state index is 14.4. The number of imidazole rings is 2. The summed E-state index contributed by atoms with van der Waals surface area (Å²) in [7, 11) is 1.73. The molecule has 0 atom stereocenters. The summed E-state index contributed by atoms with van der Waals surface area (Å²) in [6, 6.07) is 13.4. The topological polar surface area (TPSA) is 72.1 Å². The lowest BCUT2D eigenvalue weighted by atomic mass is 10.2. The summed E-state index contributed by atoms with van der Waals surface area (Å²) in [5.41, 5.74) is 3.50. The van der Waals surface area contributed by atoms with Gasteiger partial charge < -0.3 is 19.8 Å². The molecule has 0 spiro atoms. The van der Waals surface area contributed by atoms with Gasteiger partial charge in [0.15, 0.2) is 5.96 Å². The molecule has 7 nitrogen and oxygen atoms in total. The van der Waals surface area contributed by atoms with Crippen LogP contribution in [0.3, 0.4) is 0 Å². The Balaban J connectivity index is 0.00000289. The zero-order valence-electron chi connectivity index (χ0n) is 18.1. The molecule has 0 fully saturated rings. The molecule has 2 heterocycles. The number of rotatable bonds is 7. The van der Waals surface area contributed by atoms with Crippen LogP contribution in [0.5, 0.6) is 0 Å². The van der Waals surface area contributed by atoms with Crippen LogP contribution in [-0.2, 0) is 13.1 Å². The molecule has 0 unspecified atom stereocenters. The summed E-state index contributed by atoms with van der Waals surface area (Å²) in [4.78, 5) is 12.8. The number of hydrogen-bond donors (Lipinski definition) is 2. The summed E-state index contributed by atoms with van der Waals surface area (Å²) in [6.07, 6.45) is 5.85. The third-order valence-corrected chi connectivity index (χ3v) is 5.17. The number of benzene rings is 2. The molecule has 9 heteroatoms. The predicted molar refractivity (Wildman–Crippen MR) is 136 cm³/mol. The molecule has 2 N–H and O–H groups in total. The van der Waals surface area contributed by atoms with Gasteiger partial charge in [0.25, 0.3) is 0 Å². The smallest absolute Gasteiger partial charge is 0.191 e. The van der Waals surface area contributed by atoms with E-state index in [-0.39, 0.29) is 29.8 Å². The van der Waals surface area contributed by atoms with E-state index < -0.39 is 0 Å². The Bertz CT molecular complexity index is 1180. The fraction of sp³-hybridized carbons (Fsp3) is 0.261. The van der Waals surface area contributed by atoms with Crippen LogP contribution >= 0.6 is 24.0 Å². The van der Waals surface area contributed by atoms with Gasteiger partial charge in [0, 0.05) is 39.1 Å². The average Bonchev–Trinajstić information content (AvgIpc) is 3.41. The number of guanidine groups is 1. The fourth-order valence-corrected chi connectivity index (χ4v) is 3.60. The Morgan fingerprint density at radius 2 is 2.00 bits per heavy atom. The summed E-state index contributed by atoms with van der Waals surface area (Å²) in [5, 5.41) is 6.55. The number of fused-ring (bicyclic) bond motifs is 1. The Hall–Kier alpha value is -2.95. The van der Waals surface area contributed by atoms with Crippen LogP contribution in [0.15, 0.2) is 66.2 Å². The third kappa shape index (κ3) is 5.45. The molecule has 0 saturated carbocycles. The second-order valence-electron chi connectivity index (χ2n) is 7.26. The highest BCUT2D eigenvalue weighted by Crippen LogP contribution is 2.16. The maximum Gasteiger partial charge on any atom is 0.191 e. The number of hydrogen-bond acceptors (Lipinski definition) is 3. The Morgan fingerprint density at radius 1 is 1.16 bits per heavy atom. The Labute approximate surface area is 203 Å². The lowest BCUT2D eigenvalue weighted by Crippen LogP contribution is -2.37. The number of aliphatic imine (C=N–C) groups is 1. The van der Waals surface area contributed by atoms with Gasteiger partial charge in [-0.2, -0.15) is 0 Å². The summed E-state index contributed by atoms with van der Waals surface area (Å²) in [5.74, 6) is 1.42. The lowest BCUT2D eigenvalue weighted by Gasteiger charge is -2.13. The standard InChI is InChI=1S/C23H26FN7.HI/c1-17-29-20-6-3-4-7-22(20)31(17)12-5-10-27-23(25-2)28-15-18-8-9-21(19(24)14-18)30-13-11-26-16-30;/h3-4,6-9,11,13-14,16H,5,10,12,15H2,1-2H3,(H2,25,27,28);1H. The van der Waals surface area contributed by atoms with E-state index >= 15 is 0 Å². The highest BCUT2D eigenvalue weighted by atomic mass is 127. The predicted octanol–water partition coefficient (Wildman–Crippen LogP) is 4.04. The van der Waals surface area contributed by atoms with E-state index in [2.05, 4.69) is 36.2 Å². The van der Waals surface area contributed by atoms with Gasteiger partial charge in [0.05, 0.1) is 23.0 Å². The van der Waals surface area contributed by atoms with E-state index in [1.54, 1.807) is 36.4 Å². The van der Waals surface area contributed by atoms with Crippen LogP contribution < -0.4 is 10.6 Å². The minimum absolute atomic E-state index is 0. The van der Waals surface area contributed by atoms with E-state index in [0.717, 1.165) is 41.9 Å². The van der Waals surface area contributed by atoms with Crippen molar-refractivity contribution in [2.75, 3.05) is 13.6 Å². The first-order valence-electron chi connectivity index (χ1n) is 10.3. The van der Waals surface area contributed by atoms with Gasteiger partial charge in [-0.15, -0.1) is 24.0 Å². The molecule has 0 aliphatic carbocycles. The quantitative estimate of drug-likeness (QED) is 0.159. The molecular weight excluding hydrogens is 520 g/mol. The van der Waals surface area contributed by atoms with Crippen molar-refractivity contribution in [3.63, 3.8) is 0 Å². The summed E-state index contributed by atoms with van der Waals surface area (Å²) < 4.78 is 18.3. The van der Waals surface area contributed by atoms with Crippen LogP contribution in [0.25, 0.3) is 16.7 Å². The van der Waals surface area contributed by atoms with Gasteiger partial charge in [-0.05, 0) is 43.2 Å². The van der Waals surface area contributed by atoms with Crippen LogP contribution in [0.2, 0.25) is 0 Å². The van der Waals surface area contributed by atoms with Crippen molar-refractivity contribution < 1.29 is 4.39 Å². The first-order chi connectivity index (χ1) is 15.2. The zero-order valence-corrected chi connectivity index (χ0v) is 20.5. The molecule has 0 bridgehead atoms. The van der Waals surface area contributed by atoms with Gasteiger partial charge in [0.2, 0.25) is 0 Å². The normalized spacial score (nSPS) is 11.4. The largest absolute Gasteiger partial charge is 0.356 e. The first-order valence-corrected chi connectivity index (χ1v) is 10.3. The van der Waals surface area contributed by atoms with Crippen LogP contribution in [0.4, 0.5) is 4.39 Å². The zero-order chi connectivity index (χ0) is 21.6. The van der Waals surface area contributed by atoms with Gasteiger partial charge in [-0.3, -0.25) is 4.99 Å². The lowest BCUT2D eigenvalue weighted by molar-refractivity contribution is 0.613. The van der Waals surface area contributed by atoms with E-state index in [1.807, 2.05) is 31.2 Å². The molecule has 0 amide bonds.